The first-order valence-corrected chi connectivity index (χ1v) is 5.76. The van der Waals surface area contributed by atoms with Crippen molar-refractivity contribution in [1.82, 2.24) is 9.80 Å². The molecule has 0 aromatic rings. The van der Waals surface area contributed by atoms with E-state index in [2.05, 4.69) is 0 Å². The molecule has 1 fully saturated rings. The number of likely N-dealkylation sites (N-methyl/N-ethyl adjacent to an activating group) is 1. The minimum Gasteiger partial charge on any atom is -0.342 e. The van der Waals surface area contributed by atoms with Crippen LogP contribution in [0.2, 0.25) is 0 Å². The third-order valence-electron chi connectivity index (χ3n) is 2.58. The van der Waals surface area contributed by atoms with Crippen molar-refractivity contribution in [1.29, 1.82) is 0 Å². The lowest BCUT2D eigenvalue weighted by atomic mass is 10.2. The van der Waals surface area contributed by atoms with Gasteiger partial charge in [-0.2, -0.15) is 0 Å². The van der Waals surface area contributed by atoms with E-state index in [1.165, 1.54) is 0 Å². The summed E-state index contributed by atoms with van der Waals surface area (Å²) in [5, 5.41) is 0. The number of hydrogen-bond acceptors (Lipinski definition) is 2. The minimum atomic E-state index is 0.0203. The monoisotopic (exact) mass is 232 g/mol. The van der Waals surface area contributed by atoms with Gasteiger partial charge in [-0.3, -0.25) is 9.59 Å². The van der Waals surface area contributed by atoms with Gasteiger partial charge in [0.05, 0.1) is 6.54 Å². The van der Waals surface area contributed by atoms with Crippen molar-refractivity contribution in [2.24, 2.45) is 0 Å². The van der Waals surface area contributed by atoms with Gasteiger partial charge in [-0.05, 0) is 12.8 Å². The number of unbranched alkanes of at least 4 members (excludes halogenated alkanes) is 1. The van der Waals surface area contributed by atoms with Crippen LogP contribution in [-0.4, -0.2) is 54.2 Å². The van der Waals surface area contributed by atoms with Crippen molar-refractivity contribution in [3.8, 4) is 0 Å². The first kappa shape index (κ1) is 12.3. The number of halogens is 1. The Morgan fingerprint density at radius 2 is 2.13 bits per heavy atom. The predicted octanol–water partition coefficient (Wildman–Crippen LogP) is 0.696. The molecule has 0 spiro atoms. The van der Waals surface area contributed by atoms with Crippen molar-refractivity contribution in [3.05, 3.63) is 0 Å². The summed E-state index contributed by atoms with van der Waals surface area (Å²) in [6.07, 6.45) is 2.17. The molecular weight excluding hydrogens is 216 g/mol. The topological polar surface area (TPSA) is 40.6 Å². The second kappa shape index (κ2) is 5.95. The number of rotatable bonds is 4. The van der Waals surface area contributed by atoms with Crippen LogP contribution < -0.4 is 0 Å². The third kappa shape index (κ3) is 3.70. The lowest BCUT2D eigenvalue weighted by Crippen LogP contribution is -2.50. The molecule has 0 bridgehead atoms. The largest absolute Gasteiger partial charge is 0.342 e. The SMILES string of the molecule is CN1CCN(C(=O)CCCCCl)CC1=O. The van der Waals surface area contributed by atoms with E-state index in [4.69, 9.17) is 11.6 Å². The third-order valence-corrected chi connectivity index (χ3v) is 2.85. The molecule has 0 unspecified atom stereocenters. The number of carbonyl (C=O) groups is 2. The summed E-state index contributed by atoms with van der Waals surface area (Å²) in [5.74, 6) is 0.683. The zero-order chi connectivity index (χ0) is 11.3. The summed E-state index contributed by atoms with van der Waals surface area (Å²) >= 11 is 5.53. The number of hydrogen-bond donors (Lipinski definition) is 0. The molecule has 0 atom stereocenters. The standard InChI is InChI=1S/C10H17ClN2O2/c1-12-6-7-13(8-10(12)15)9(14)4-2-3-5-11/h2-8H2,1H3. The fourth-order valence-corrected chi connectivity index (χ4v) is 1.69. The zero-order valence-corrected chi connectivity index (χ0v) is 9.79. The maximum absolute atomic E-state index is 11.6. The molecule has 0 aromatic heterocycles. The number of piperazine rings is 1. The molecular formula is C10H17ClN2O2. The van der Waals surface area contributed by atoms with E-state index in [9.17, 15) is 9.59 Å². The molecule has 86 valence electrons. The summed E-state index contributed by atoms with van der Waals surface area (Å²) in [5.41, 5.74) is 0. The molecule has 1 rings (SSSR count). The lowest BCUT2D eigenvalue weighted by molar-refractivity contribution is -0.144. The number of carbonyl (C=O) groups excluding carboxylic acids is 2. The van der Waals surface area contributed by atoms with Crippen molar-refractivity contribution in [2.45, 2.75) is 19.3 Å². The van der Waals surface area contributed by atoms with Gasteiger partial charge in [0, 0.05) is 32.4 Å². The van der Waals surface area contributed by atoms with E-state index in [-0.39, 0.29) is 18.4 Å². The maximum atomic E-state index is 11.6. The van der Waals surface area contributed by atoms with E-state index in [1.54, 1.807) is 16.8 Å². The Morgan fingerprint density at radius 1 is 1.40 bits per heavy atom. The smallest absolute Gasteiger partial charge is 0.241 e. The second-order valence-electron chi connectivity index (χ2n) is 3.78. The summed E-state index contributed by atoms with van der Waals surface area (Å²) < 4.78 is 0. The molecule has 1 aliphatic heterocycles. The summed E-state index contributed by atoms with van der Waals surface area (Å²) in [6.45, 7) is 1.53. The van der Waals surface area contributed by atoms with Gasteiger partial charge in [-0.25, -0.2) is 0 Å². The molecule has 0 radical (unpaired) electrons. The van der Waals surface area contributed by atoms with E-state index in [0.717, 1.165) is 12.8 Å². The van der Waals surface area contributed by atoms with Crippen LogP contribution in [-0.2, 0) is 9.59 Å². The molecule has 0 aromatic carbocycles. The van der Waals surface area contributed by atoms with Crippen molar-refractivity contribution < 1.29 is 9.59 Å². The number of amides is 2. The van der Waals surface area contributed by atoms with Gasteiger partial charge >= 0.3 is 0 Å². The van der Waals surface area contributed by atoms with Gasteiger partial charge in [-0.1, -0.05) is 0 Å². The Hall–Kier alpha value is -0.770. The molecule has 0 N–H and O–H groups in total. The summed E-state index contributed by atoms with van der Waals surface area (Å²) in [6, 6.07) is 0. The summed E-state index contributed by atoms with van der Waals surface area (Å²) in [7, 11) is 1.76. The first-order chi connectivity index (χ1) is 7.15. The van der Waals surface area contributed by atoms with Gasteiger partial charge in [0.1, 0.15) is 0 Å². The number of nitrogens with zero attached hydrogens (tertiary/aromatic N) is 2. The Labute approximate surface area is 95.2 Å². The van der Waals surface area contributed by atoms with Crippen LogP contribution in [0.5, 0.6) is 0 Å². The van der Waals surface area contributed by atoms with E-state index >= 15 is 0 Å². The van der Waals surface area contributed by atoms with Crippen molar-refractivity contribution in [2.75, 3.05) is 32.6 Å². The fraction of sp³-hybridized carbons (Fsp3) is 0.800. The van der Waals surface area contributed by atoms with Gasteiger partial charge in [0.2, 0.25) is 11.8 Å². The van der Waals surface area contributed by atoms with E-state index in [1.807, 2.05) is 0 Å². The van der Waals surface area contributed by atoms with Crippen LogP contribution in [0.3, 0.4) is 0 Å². The predicted molar refractivity (Wildman–Crippen MR) is 58.8 cm³/mol. The molecule has 5 heteroatoms. The van der Waals surface area contributed by atoms with Gasteiger partial charge in [0.25, 0.3) is 0 Å². The Balaban J connectivity index is 2.31. The van der Waals surface area contributed by atoms with E-state index < -0.39 is 0 Å². The van der Waals surface area contributed by atoms with Crippen LogP contribution in [0, 0.1) is 0 Å². The Bertz CT molecular complexity index is 246. The van der Waals surface area contributed by atoms with Crippen LogP contribution >= 0.6 is 11.6 Å². The Kier molecular flexibility index (Phi) is 4.88. The van der Waals surface area contributed by atoms with Crippen LogP contribution in [0.4, 0.5) is 0 Å². The highest BCUT2D eigenvalue weighted by atomic mass is 35.5. The van der Waals surface area contributed by atoms with E-state index in [0.29, 0.717) is 25.4 Å². The van der Waals surface area contributed by atoms with Gasteiger partial charge in [-0.15, -0.1) is 11.6 Å². The molecule has 1 saturated heterocycles. The first-order valence-electron chi connectivity index (χ1n) is 5.23. The van der Waals surface area contributed by atoms with Crippen LogP contribution in [0.1, 0.15) is 19.3 Å². The molecule has 1 heterocycles. The number of alkyl halides is 1. The van der Waals surface area contributed by atoms with Gasteiger partial charge < -0.3 is 9.80 Å². The van der Waals surface area contributed by atoms with Crippen LogP contribution in [0.25, 0.3) is 0 Å². The average molecular weight is 233 g/mol. The van der Waals surface area contributed by atoms with Crippen molar-refractivity contribution in [3.63, 3.8) is 0 Å². The Morgan fingerprint density at radius 3 is 2.73 bits per heavy atom. The van der Waals surface area contributed by atoms with Crippen molar-refractivity contribution >= 4 is 23.4 Å². The fourth-order valence-electron chi connectivity index (χ4n) is 1.50. The molecule has 0 aliphatic carbocycles. The molecule has 4 nitrogen and oxygen atoms in total. The average Bonchev–Trinajstić information content (AvgIpc) is 2.22. The minimum absolute atomic E-state index is 0.0203. The molecule has 2 amide bonds. The normalized spacial score (nSPS) is 17.1. The highest BCUT2D eigenvalue weighted by Crippen LogP contribution is 2.06. The second-order valence-corrected chi connectivity index (χ2v) is 4.15. The maximum Gasteiger partial charge on any atom is 0.241 e. The highest BCUT2D eigenvalue weighted by molar-refractivity contribution is 6.17. The zero-order valence-electron chi connectivity index (χ0n) is 9.04. The molecule has 0 saturated carbocycles. The van der Waals surface area contributed by atoms with Crippen LogP contribution in [0.15, 0.2) is 0 Å². The highest BCUT2D eigenvalue weighted by Gasteiger charge is 2.23. The molecule has 15 heavy (non-hydrogen) atoms. The quantitative estimate of drug-likeness (QED) is 0.529. The molecule has 1 aliphatic rings. The summed E-state index contributed by atoms with van der Waals surface area (Å²) in [4.78, 5) is 26.3. The lowest BCUT2D eigenvalue weighted by Gasteiger charge is -2.32. The van der Waals surface area contributed by atoms with Gasteiger partial charge in [0.15, 0.2) is 0 Å².